The van der Waals surface area contributed by atoms with Crippen LogP contribution in [0, 0.1) is 0 Å². The number of carbonyl (C=O) groups excluding carboxylic acids is 3. The van der Waals surface area contributed by atoms with E-state index < -0.39 is 36.0 Å². The maximum Gasteiger partial charge on any atom is 0.418 e. The molecule has 0 atom stereocenters. The van der Waals surface area contributed by atoms with E-state index in [0.29, 0.717) is 30.2 Å². The predicted molar refractivity (Wildman–Crippen MR) is 120 cm³/mol. The highest BCUT2D eigenvalue weighted by atomic mass is 32.2. The second-order valence-electron chi connectivity index (χ2n) is 7.42. The smallest absolute Gasteiger partial charge is 0.323 e. The Kier molecular flexibility index (Phi) is 8.54. The third-order valence-corrected chi connectivity index (χ3v) is 6.01. The predicted octanol–water partition coefficient (Wildman–Crippen LogP) is 3.91. The Morgan fingerprint density at radius 2 is 1.60 bits per heavy atom. The van der Waals surface area contributed by atoms with Crippen LogP contribution < -0.4 is 15.8 Å². The van der Waals surface area contributed by atoms with Gasteiger partial charge in [-0.25, -0.2) is 4.79 Å². The van der Waals surface area contributed by atoms with Gasteiger partial charge in [-0.05, 0) is 29.8 Å². The zero-order valence-corrected chi connectivity index (χ0v) is 19.0. The molecule has 3 rings (SSSR count). The highest BCUT2D eigenvalue weighted by molar-refractivity contribution is 7.99. The average molecular weight is 516 g/mol. The Morgan fingerprint density at radius 1 is 0.971 bits per heavy atom. The minimum absolute atomic E-state index is 0.00457. The van der Waals surface area contributed by atoms with Crippen molar-refractivity contribution in [2.24, 2.45) is 0 Å². The molecule has 2 aromatic carbocycles. The second-order valence-corrected chi connectivity index (χ2v) is 8.65. The van der Waals surface area contributed by atoms with Gasteiger partial charge in [0.05, 0.1) is 17.8 Å². The van der Waals surface area contributed by atoms with Crippen LogP contribution in [0.1, 0.15) is 21.5 Å². The molecule has 1 aliphatic rings. The number of para-hydroxylation sites is 1. The fourth-order valence-electron chi connectivity index (χ4n) is 3.32. The highest BCUT2D eigenvalue weighted by Gasteiger charge is 2.37. The van der Waals surface area contributed by atoms with Gasteiger partial charge < -0.3 is 4.90 Å². The monoisotopic (exact) mass is 516 g/mol. The van der Waals surface area contributed by atoms with Crippen LogP contribution in [0.5, 0.6) is 0 Å². The molecule has 1 fully saturated rings. The first-order valence-electron chi connectivity index (χ1n) is 10.4. The minimum atomic E-state index is -4.68. The number of carbonyl (C=O) groups is 3. The van der Waals surface area contributed by atoms with Gasteiger partial charge in [-0.2, -0.15) is 33.7 Å². The molecular weight excluding hydrogens is 495 g/mol. The summed E-state index contributed by atoms with van der Waals surface area (Å²) >= 11 is 1.65. The number of benzene rings is 2. The molecule has 7 nitrogen and oxygen atoms in total. The van der Waals surface area contributed by atoms with Gasteiger partial charge in [0.2, 0.25) is 0 Å². The van der Waals surface area contributed by atoms with E-state index in [2.05, 4.69) is 0 Å². The molecule has 0 unspecified atom stereocenters. The van der Waals surface area contributed by atoms with E-state index in [0.717, 1.165) is 11.0 Å². The molecule has 0 spiro atoms. The summed E-state index contributed by atoms with van der Waals surface area (Å²) in [7, 11) is 0. The van der Waals surface area contributed by atoms with Crippen molar-refractivity contribution in [3.63, 3.8) is 0 Å². The Balaban J connectivity index is 1.84. The van der Waals surface area contributed by atoms with E-state index in [1.54, 1.807) is 17.2 Å². The molecule has 35 heavy (non-hydrogen) atoms. The number of alkyl halides is 5. The van der Waals surface area contributed by atoms with Crippen LogP contribution >= 0.6 is 11.8 Å². The Bertz CT molecular complexity index is 1060. The molecule has 0 radical (unpaired) electrons. The molecule has 1 saturated heterocycles. The van der Waals surface area contributed by atoms with Crippen LogP contribution in [0.2, 0.25) is 0 Å². The number of halogens is 5. The SMILES string of the molecule is O=C(NNC(=O)C(F)F)c1ccc(CN(C(=O)N2CCSCC2)c2ccccc2C(F)(F)F)cc1. The lowest BCUT2D eigenvalue weighted by molar-refractivity contribution is -0.137. The molecular formula is C22H21F5N4O3S. The lowest BCUT2D eigenvalue weighted by Gasteiger charge is -2.34. The lowest BCUT2D eigenvalue weighted by atomic mass is 10.1. The van der Waals surface area contributed by atoms with Crippen LogP contribution in [-0.2, 0) is 17.5 Å². The number of nitrogens with zero attached hydrogens (tertiary/aromatic N) is 2. The molecule has 188 valence electrons. The topological polar surface area (TPSA) is 81.8 Å². The first-order chi connectivity index (χ1) is 16.6. The van der Waals surface area contributed by atoms with Gasteiger partial charge in [-0.15, -0.1) is 0 Å². The summed E-state index contributed by atoms with van der Waals surface area (Å²) in [4.78, 5) is 38.7. The van der Waals surface area contributed by atoms with Crippen LogP contribution in [0.4, 0.5) is 32.4 Å². The van der Waals surface area contributed by atoms with E-state index in [1.165, 1.54) is 47.4 Å². The van der Waals surface area contributed by atoms with Gasteiger partial charge in [0.1, 0.15) is 0 Å². The van der Waals surface area contributed by atoms with E-state index >= 15 is 0 Å². The number of rotatable bonds is 5. The van der Waals surface area contributed by atoms with E-state index in [9.17, 15) is 36.3 Å². The van der Waals surface area contributed by atoms with Crippen molar-refractivity contribution < 1.29 is 36.3 Å². The van der Waals surface area contributed by atoms with Crippen molar-refractivity contribution in [3.8, 4) is 0 Å². The fraction of sp³-hybridized carbons (Fsp3) is 0.318. The first kappa shape index (κ1) is 26.3. The summed E-state index contributed by atoms with van der Waals surface area (Å²) < 4.78 is 65.5. The molecule has 2 aromatic rings. The van der Waals surface area contributed by atoms with Crippen molar-refractivity contribution >= 4 is 35.3 Å². The van der Waals surface area contributed by atoms with Gasteiger partial charge in [-0.1, -0.05) is 24.3 Å². The third kappa shape index (κ3) is 6.84. The number of thioether (sulfide) groups is 1. The zero-order valence-electron chi connectivity index (χ0n) is 18.1. The third-order valence-electron chi connectivity index (χ3n) is 5.07. The molecule has 0 aromatic heterocycles. The van der Waals surface area contributed by atoms with Crippen molar-refractivity contribution in [2.75, 3.05) is 29.5 Å². The van der Waals surface area contributed by atoms with Gasteiger partial charge in [0.15, 0.2) is 0 Å². The van der Waals surface area contributed by atoms with Gasteiger partial charge in [0, 0.05) is 30.2 Å². The number of hydrogen-bond acceptors (Lipinski definition) is 4. The number of anilines is 1. The van der Waals surface area contributed by atoms with Crippen molar-refractivity contribution in [3.05, 3.63) is 65.2 Å². The number of hydrogen-bond donors (Lipinski definition) is 2. The molecule has 2 N–H and O–H groups in total. The van der Waals surface area contributed by atoms with Crippen LogP contribution in [0.25, 0.3) is 0 Å². The highest BCUT2D eigenvalue weighted by Crippen LogP contribution is 2.37. The quantitative estimate of drug-likeness (QED) is 0.467. The number of hydrazine groups is 1. The summed E-state index contributed by atoms with van der Waals surface area (Å²) in [6.45, 7) is 0.592. The standard InChI is InChI=1S/C22H21F5N4O3S/c23-18(24)20(33)29-28-19(32)15-7-5-14(6-8-15)13-31(21(34)30-9-11-35-12-10-30)17-4-2-1-3-16(17)22(25,26)27/h1-8,18H,9-13H2,(H,28,32)(H,29,33). The van der Waals surface area contributed by atoms with E-state index in [4.69, 9.17) is 0 Å². The number of nitrogens with one attached hydrogen (secondary N) is 2. The summed E-state index contributed by atoms with van der Waals surface area (Å²) in [6.07, 6.45) is -7.99. The van der Waals surface area contributed by atoms with Crippen molar-refractivity contribution in [1.29, 1.82) is 0 Å². The van der Waals surface area contributed by atoms with Crippen LogP contribution in [-0.4, -0.2) is 53.8 Å². The molecule has 1 heterocycles. The molecule has 4 amide bonds. The first-order valence-corrected chi connectivity index (χ1v) is 11.5. The Labute approximate surface area is 201 Å². The summed E-state index contributed by atoms with van der Waals surface area (Å²) in [6, 6.07) is 9.67. The fourth-order valence-corrected chi connectivity index (χ4v) is 4.22. The Hall–Kier alpha value is -3.35. The van der Waals surface area contributed by atoms with Crippen molar-refractivity contribution in [1.82, 2.24) is 15.8 Å². The average Bonchev–Trinajstić information content (AvgIpc) is 2.85. The second kappa shape index (κ2) is 11.4. The molecule has 0 bridgehead atoms. The Morgan fingerprint density at radius 3 is 2.20 bits per heavy atom. The molecule has 13 heteroatoms. The van der Waals surface area contributed by atoms with E-state index in [1.807, 2.05) is 5.43 Å². The van der Waals surface area contributed by atoms with Crippen molar-refractivity contribution in [2.45, 2.75) is 19.1 Å². The lowest BCUT2D eigenvalue weighted by Crippen LogP contribution is -2.47. The normalized spacial score (nSPS) is 13.9. The number of amides is 4. The maximum absolute atomic E-state index is 13.7. The summed E-state index contributed by atoms with van der Waals surface area (Å²) in [5, 5.41) is 0. The summed E-state index contributed by atoms with van der Waals surface area (Å²) in [5.41, 5.74) is 2.59. The maximum atomic E-state index is 13.7. The van der Waals surface area contributed by atoms with Gasteiger partial charge in [-0.3, -0.25) is 25.3 Å². The molecule has 1 aliphatic heterocycles. The zero-order chi connectivity index (χ0) is 25.6. The molecule has 0 aliphatic carbocycles. The number of urea groups is 1. The van der Waals surface area contributed by atoms with Gasteiger partial charge in [0.25, 0.3) is 5.91 Å². The molecule has 0 saturated carbocycles. The van der Waals surface area contributed by atoms with E-state index in [-0.39, 0.29) is 17.8 Å². The minimum Gasteiger partial charge on any atom is -0.323 e. The summed E-state index contributed by atoms with van der Waals surface area (Å²) in [5.74, 6) is -1.20. The van der Waals surface area contributed by atoms with Gasteiger partial charge >= 0.3 is 24.5 Å². The van der Waals surface area contributed by atoms with Crippen LogP contribution in [0.15, 0.2) is 48.5 Å². The van der Waals surface area contributed by atoms with Crippen LogP contribution in [0.3, 0.4) is 0 Å². The largest absolute Gasteiger partial charge is 0.418 e.